The zero-order valence-corrected chi connectivity index (χ0v) is 10.5. The molecule has 92 valence electrons. The van der Waals surface area contributed by atoms with E-state index in [1.165, 1.54) is 5.56 Å². The number of ether oxygens (including phenoxy) is 2. The van der Waals surface area contributed by atoms with E-state index >= 15 is 0 Å². The van der Waals surface area contributed by atoms with Crippen LogP contribution in [0.1, 0.15) is 31.7 Å². The van der Waals surface area contributed by atoms with Crippen LogP contribution in [0.25, 0.3) is 0 Å². The molecular weight excluding hydrogens is 212 g/mol. The molecule has 1 aliphatic heterocycles. The van der Waals surface area contributed by atoms with Crippen molar-refractivity contribution in [1.82, 2.24) is 0 Å². The van der Waals surface area contributed by atoms with Crippen molar-refractivity contribution in [3.63, 3.8) is 0 Å². The first kappa shape index (κ1) is 12.2. The van der Waals surface area contributed by atoms with Gasteiger partial charge < -0.3 is 9.47 Å². The predicted molar refractivity (Wildman–Crippen MR) is 68.6 cm³/mol. The van der Waals surface area contributed by atoms with Crippen molar-refractivity contribution in [2.24, 2.45) is 5.92 Å². The third-order valence-corrected chi connectivity index (χ3v) is 2.83. The Hall–Kier alpha value is -1.28. The fourth-order valence-corrected chi connectivity index (χ4v) is 1.92. The lowest BCUT2D eigenvalue weighted by molar-refractivity contribution is -0.124. The van der Waals surface area contributed by atoms with Gasteiger partial charge in [0, 0.05) is 12.3 Å². The van der Waals surface area contributed by atoms with E-state index in [0.717, 1.165) is 13.0 Å². The molecule has 0 spiro atoms. The molecular formula is C15H20O2. The number of hydrogen-bond acceptors (Lipinski definition) is 2. The maximum atomic E-state index is 5.72. The molecule has 1 aromatic carbocycles. The van der Waals surface area contributed by atoms with E-state index in [0.29, 0.717) is 11.8 Å². The highest BCUT2D eigenvalue weighted by Crippen LogP contribution is 2.28. The van der Waals surface area contributed by atoms with Gasteiger partial charge in [-0.2, -0.15) is 0 Å². The number of allylic oxidation sites excluding steroid dienone is 1. The van der Waals surface area contributed by atoms with Crippen LogP contribution >= 0.6 is 0 Å². The van der Waals surface area contributed by atoms with Gasteiger partial charge in [0.15, 0.2) is 6.29 Å². The first-order valence-electron chi connectivity index (χ1n) is 6.24. The molecule has 2 atom stereocenters. The van der Waals surface area contributed by atoms with Crippen molar-refractivity contribution in [3.05, 3.63) is 48.2 Å². The summed E-state index contributed by atoms with van der Waals surface area (Å²) >= 11 is 0. The van der Waals surface area contributed by atoms with E-state index < -0.39 is 0 Å². The summed E-state index contributed by atoms with van der Waals surface area (Å²) in [6, 6.07) is 10.5. The quantitative estimate of drug-likeness (QED) is 0.788. The lowest BCUT2D eigenvalue weighted by Gasteiger charge is -2.26. The lowest BCUT2D eigenvalue weighted by Crippen LogP contribution is -2.23. The van der Waals surface area contributed by atoms with Gasteiger partial charge in [-0.05, 0) is 17.6 Å². The molecule has 2 unspecified atom stereocenters. The molecule has 1 aliphatic rings. The Morgan fingerprint density at radius 1 is 1.29 bits per heavy atom. The molecule has 0 radical (unpaired) electrons. The third-order valence-electron chi connectivity index (χ3n) is 2.83. The monoisotopic (exact) mass is 232 g/mol. The van der Waals surface area contributed by atoms with E-state index in [2.05, 4.69) is 44.2 Å². The van der Waals surface area contributed by atoms with Crippen molar-refractivity contribution < 1.29 is 9.47 Å². The molecule has 2 nitrogen and oxygen atoms in total. The maximum Gasteiger partial charge on any atom is 0.199 e. The smallest absolute Gasteiger partial charge is 0.199 e. The summed E-state index contributed by atoms with van der Waals surface area (Å²) in [7, 11) is 0. The number of benzene rings is 1. The average molecular weight is 232 g/mol. The molecule has 0 N–H and O–H groups in total. The zero-order chi connectivity index (χ0) is 12.1. The molecule has 0 aromatic heterocycles. The topological polar surface area (TPSA) is 18.5 Å². The normalized spacial score (nSPS) is 23.7. The van der Waals surface area contributed by atoms with Gasteiger partial charge in [-0.1, -0.05) is 44.2 Å². The van der Waals surface area contributed by atoms with Gasteiger partial charge in [-0.3, -0.25) is 0 Å². The second-order valence-electron chi connectivity index (χ2n) is 4.87. The molecule has 1 aromatic rings. The van der Waals surface area contributed by atoms with E-state index in [1.807, 2.05) is 6.07 Å². The molecule has 0 saturated carbocycles. The Kier molecular flexibility index (Phi) is 4.21. The van der Waals surface area contributed by atoms with Crippen LogP contribution in [0.15, 0.2) is 42.7 Å². The highest BCUT2D eigenvalue weighted by atomic mass is 16.7. The van der Waals surface area contributed by atoms with Crippen molar-refractivity contribution in [1.29, 1.82) is 0 Å². The predicted octanol–water partition coefficient (Wildman–Crippen LogP) is 3.70. The average Bonchev–Trinajstić information content (AvgIpc) is 2.38. The van der Waals surface area contributed by atoms with E-state index in [9.17, 15) is 0 Å². The minimum atomic E-state index is -0.104. The van der Waals surface area contributed by atoms with Crippen LogP contribution in [-0.2, 0) is 9.47 Å². The van der Waals surface area contributed by atoms with Crippen molar-refractivity contribution in [2.45, 2.75) is 32.5 Å². The second-order valence-corrected chi connectivity index (χ2v) is 4.87. The fraction of sp³-hybridized carbons (Fsp3) is 0.467. The molecule has 2 rings (SSSR count). The number of rotatable bonds is 4. The molecule has 0 bridgehead atoms. The first-order valence-corrected chi connectivity index (χ1v) is 6.24. The number of hydrogen-bond donors (Lipinski definition) is 0. The van der Waals surface area contributed by atoms with Gasteiger partial charge in [0.05, 0.1) is 12.9 Å². The van der Waals surface area contributed by atoms with Gasteiger partial charge in [-0.25, -0.2) is 0 Å². The Morgan fingerprint density at radius 2 is 2.06 bits per heavy atom. The Labute approximate surface area is 103 Å². The van der Waals surface area contributed by atoms with E-state index in [-0.39, 0.29) is 6.29 Å². The lowest BCUT2D eigenvalue weighted by atomic mass is 9.94. The second kappa shape index (κ2) is 5.87. The summed E-state index contributed by atoms with van der Waals surface area (Å²) in [5.41, 5.74) is 1.32. The molecule has 0 saturated heterocycles. The summed E-state index contributed by atoms with van der Waals surface area (Å²) in [6.07, 6.45) is 4.66. The standard InChI is InChI=1S/C15H20O2/c1-12(2)11-17-15-10-14(8-9-16-15)13-6-4-3-5-7-13/h3-9,12,14-15H,10-11H2,1-2H3. The van der Waals surface area contributed by atoms with Crippen LogP contribution in [0.4, 0.5) is 0 Å². The Bertz CT molecular complexity index is 356. The highest BCUT2D eigenvalue weighted by molar-refractivity contribution is 5.24. The first-order chi connectivity index (χ1) is 8.25. The van der Waals surface area contributed by atoms with Crippen LogP contribution in [0.5, 0.6) is 0 Å². The summed E-state index contributed by atoms with van der Waals surface area (Å²) < 4.78 is 11.2. The van der Waals surface area contributed by atoms with Crippen LogP contribution in [0.2, 0.25) is 0 Å². The van der Waals surface area contributed by atoms with Gasteiger partial charge >= 0.3 is 0 Å². The van der Waals surface area contributed by atoms with Crippen LogP contribution in [0.3, 0.4) is 0 Å². The maximum absolute atomic E-state index is 5.72. The molecule has 0 aliphatic carbocycles. The minimum absolute atomic E-state index is 0.104. The summed E-state index contributed by atoms with van der Waals surface area (Å²) in [6.45, 7) is 5.04. The van der Waals surface area contributed by atoms with Crippen LogP contribution in [-0.4, -0.2) is 12.9 Å². The SMILES string of the molecule is CC(C)COC1CC(c2ccccc2)C=CO1. The van der Waals surface area contributed by atoms with E-state index in [1.54, 1.807) is 6.26 Å². The zero-order valence-electron chi connectivity index (χ0n) is 10.5. The van der Waals surface area contributed by atoms with Crippen molar-refractivity contribution in [2.75, 3.05) is 6.61 Å². The fourth-order valence-electron chi connectivity index (χ4n) is 1.92. The van der Waals surface area contributed by atoms with Crippen molar-refractivity contribution in [3.8, 4) is 0 Å². The summed E-state index contributed by atoms with van der Waals surface area (Å²) in [4.78, 5) is 0. The molecule has 2 heteroatoms. The molecule has 1 heterocycles. The Morgan fingerprint density at radius 3 is 2.76 bits per heavy atom. The van der Waals surface area contributed by atoms with Gasteiger partial charge in [0.2, 0.25) is 0 Å². The Balaban J connectivity index is 1.94. The van der Waals surface area contributed by atoms with Gasteiger partial charge in [0.25, 0.3) is 0 Å². The largest absolute Gasteiger partial charge is 0.473 e. The van der Waals surface area contributed by atoms with Gasteiger partial charge in [0.1, 0.15) is 0 Å². The third kappa shape index (κ3) is 3.60. The van der Waals surface area contributed by atoms with Crippen molar-refractivity contribution >= 4 is 0 Å². The van der Waals surface area contributed by atoms with Gasteiger partial charge in [-0.15, -0.1) is 0 Å². The van der Waals surface area contributed by atoms with Crippen LogP contribution < -0.4 is 0 Å². The minimum Gasteiger partial charge on any atom is -0.473 e. The van der Waals surface area contributed by atoms with Crippen LogP contribution in [0, 0.1) is 5.92 Å². The summed E-state index contributed by atoms with van der Waals surface area (Å²) in [5.74, 6) is 0.946. The molecule has 0 fully saturated rings. The highest BCUT2D eigenvalue weighted by Gasteiger charge is 2.21. The van der Waals surface area contributed by atoms with E-state index in [4.69, 9.17) is 9.47 Å². The molecule has 0 amide bonds. The molecule has 17 heavy (non-hydrogen) atoms. The summed E-state index contributed by atoms with van der Waals surface area (Å²) in [5, 5.41) is 0.